The van der Waals surface area contributed by atoms with Crippen molar-refractivity contribution in [2.45, 2.75) is 20.8 Å². The molecule has 3 rings (SSSR count). The molecule has 1 atom stereocenters. The van der Waals surface area contributed by atoms with Crippen LogP contribution in [0.25, 0.3) is 11.8 Å². The molecule has 3 N–H and O–H groups in total. The second kappa shape index (κ2) is 10.5. The summed E-state index contributed by atoms with van der Waals surface area (Å²) in [5, 5.41) is 3.25. The summed E-state index contributed by atoms with van der Waals surface area (Å²) < 4.78 is 10.7. The van der Waals surface area contributed by atoms with Crippen molar-refractivity contribution < 1.29 is 19.1 Å². The number of dihydropyridines is 1. The van der Waals surface area contributed by atoms with Gasteiger partial charge in [0.15, 0.2) is 0 Å². The van der Waals surface area contributed by atoms with Gasteiger partial charge in [-0.15, -0.1) is 0 Å². The fourth-order valence-electron chi connectivity index (χ4n) is 3.62. The van der Waals surface area contributed by atoms with Gasteiger partial charge in [-0.3, -0.25) is 0 Å². The van der Waals surface area contributed by atoms with Gasteiger partial charge < -0.3 is 20.5 Å². The van der Waals surface area contributed by atoms with Gasteiger partial charge in [0.05, 0.1) is 30.1 Å². The lowest BCUT2D eigenvalue weighted by molar-refractivity contribution is -0.139. The minimum absolute atomic E-state index is 0.218. The fourth-order valence-corrected chi connectivity index (χ4v) is 3.62. The molecule has 6 nitrogen and oxygen atoms in total. The predicted molar refractivity (Wildman–Crippen MR) is 126 cm³/mol. The molecule has 0 radical (unpaired) electrons. The standard InChI is InChI=1S/C26H28N2O4/c1-4-31-25(29)22-17(3)28-24(19-9-7-6-8-10-19)23(26(30)32-5-2)21(22)16-13-18-11-14-20(27)15-12-18/h6-16,21,28H,4-5,27H2,1-3H3/b16-13+. The van der Waals surface area contributed by atoms with E-state index in [0.29, 0.717) is 28.2 Å². The molecule has 0 spiro atoms. The van der Waals surface area contributed by atoms with Crippen LogP contribution in [-0.2, 0) is 19.1 Å². The first-order chi connectivity index (χ1) is 15.5. The number of hydrogen-bond donors (Lipinski definition) is 2. The fraction of sp³-hybridized carbons (Fsp3) is 0.231. The number of allylic oxidation sites excluding steroid dienone is 2. The third-order valence-corrected chi connectivity index (χ3v) is 5.08. The van der Waals surface area contributed by atoms with E-state index in [1.165, 1.54) is 0 Å². The van der Waals surface area contributed by atoms with Crippen LogP contribution in [0.5, 0.6) is 0 Å². The summed E-state index contributed by atoms with van der Waals surface area (Å²) in [6.45, 7) is 5.76. The Labute approximate surface area is 188 Å². The highest BCUT2D eigenvalue weighted by Gasteiger charge is 2.36. The van der Waals surface area contributed by atoms with Gasteiger partial charge in [0.1, 0.15) is 0 Å². The molecular formula is C26H28N2O4. The van der Waals surface area contributed by atoms with Crippen molar-refractivity contribution in [2.75, 3.05) is 18.9 Å². The molecule has 6 heteroatoms. The van der Waals surface area contributed by atoms with Crippen molar-refractivity contribution in [3.63, 3.8) is 0 Å². The molecule has 0 aromatic heterocycles. The maximum Gasteiger partial charge on any atom is 0.337 e. The summed E-state index contributed by atoms with van der Waals surface area (Å²) in [6.07, 6.45) is 3.70. The molecule has 0 bridgehead atoms. The van der Waals surface area contributed by atoms with E-state index < -0.39 is 17.9 Å². The lowest BCUT2D eigenvalue weighted by Gasteiger charge is -2.30. The van der Waals surface area contributed by atoms with Gasteiger partial charge in [0, 0.05) is 17.3 Å². The zero-order chi connectivity index (χ0) is 23.1. The van der Waals surface area contributed by atoms with Crippen molar-refractivity contribution in [1.29, 1.82) is 0 Å². The number of carbonyl (C=O) groups is 2. The molecule has 0 aliphatic carbocycles. The van der Waals surface area contributed by atoms with E-state index in [4.69, 9.17) is 15.2 Å². The summed E-state index contributed by atoms with van der Waals surface area (Å²) in [7, 11) is 0. The maximum atomic E-state index is 13.1. The molecule has 0 saturated carbocycles. The number of nitrogens with two attached hydrogens (primary N) is 1. The number of ether oxygens (including phenoxy) is 2. The number of nitrogens with one attached hydrogen (secondary N) is 1. The Morgan fingerprint density at radius 1 is 0.938 bits per heavy atom. The number of benzene rings is 2. The average Bonchev–Trinajstić information content (AvgIpc) is 2.79. The molecular weight excluding hydrogens is 404 g/mol. The van der Waals surface area contributed by atoms with Crippen molar-refractivity contribution >= 4 is 29.4 Å². The van der Waals surface area contributed by atoms with E-state index in [9.17, 15) is 9.59 Å². The summed E-state index contributed by atoms with van der Waals surface area (Å²) in [5.41, 5.74) is 10.1. The first-order valence-corrected chi connectivity index (χ1v) is 10.6. The first-order valence-electron chi connectivity index (χ1n) is 10.6. The summed E-state index contributed by atoms with van der Waals surface area (Å²) in [6, 6.07) is 16.9. The molecule has 1 aliphatic heterocycles. The first kappa shape index (κ1) is 22.9. The second-order valence-electron chi connectivity index (χ2n) is 7.26. The van der Waals surface area contributed by atoms with Crippen LogP contribution >= 0.6 is 0 Å². The Morgan fingerprint density at radius 3 is 2.12 bits per heavy atom. The number of rotatable bonds is 7. The van der Waals surface area contributed by atoms with E-state index in [-0.39, 0.29) is 13.2 Å². The largest absolute Gasteiger partial charge is 0.463 e. The molecule has 1 aliphatic rings. The van der Waals surface area contributed by atoms with Crippen LogP contribution in [0.2, 0.25) is 0 Å². The van der Waals surface area contributed by atoms with Gasteiger partial charge in [-0.05, 0) is 44.0 Å². The van der Waals surface area contributed by atoms with Gasteiger partial charge in [0.25, 0.3) is 0 Å². The smallest absolute Gasteiger partial charge is 0.337 e. The number of nitrogen functional groups attached to an aromatic ring is 1. The third-order valence-electron chi connectivity index (χ3n) is 5.08. The zero-order valence-corrected chi connectivity index (χ0v) is 18.6. The second-order valence-corrected chi connectivity index (χ2v) is 7.26. The summed E-state index contributed by atoms with van der Waals surface area (Å²) >= 11 is 0. The van der Waals surface area contributed by atoms with Crippen LogP contribution < -0.4 is 11.1 Å². The van der Waals surface area contributed by atoms with Gasteiger partial charge >= 0.3 is 11.9 Å². The molecule has 0 saturated heterocycles. The number of anilines is 1. The third kappa shape index (κ3) is 5.09. The molecule has 0 amide bonds. The van der Waals surface area contributed by atoms with Crippen LogP contribution in [0, 0.1) is 5.92 Å². The lowest BCUT2D eigenvalue weighted by Crippen LogP contribution is -2.33. The topological polar surface area (TPSA) is 90.6 Å². The Hall–Kier alpha value is -3.80. The highest BCUT2D eigenvalue weighted by Crippen LogP contribution is 2.36. The van der Waals surface area contributed by atoms with Crippen LogP contribution in [0.15, 0.2) is 77.5 Å². The lowest BCUT2D eigenvalue weighted by atomic mass is 9.83. The minimum Gasteiger partial charge on any atom is -0.463 e. The normalized spacial score (nSPS) is 16.2. The van der Waals surface area contributed by atoms with E-state index in [1.807, 2.05) is 54.6 Å². The number of esters is 2. The Bertz CT molecular complexity index is 1070. The molecule has 0 fully saturated rings. The Morgan fingerprint density at radius 2 is 1.53 bits per heavy atom. The summed E-state index contributed by atoms with van der Waals surface area (Å²) in [4.78, 5) is 26.0. The van der Waals surface area contributed by atoms with E-state index in [1.54, 1.807) is 32.9 Å². The quantitative estimate of drug-likeness (QED) is 0.500. The molecule has 166 valence electrons. The van der Waals surface area contributed by atoms with Crippen LogP contribution in [0.4, 0.5) is 5.69 Å². The van der Waals surface area contributed by atoms with Crippen molar-refractivity contribution in [3.8, 4) is 0 Å². The van der Waals surface area contributed by atoms with Crippen molar-refractivity contribution in [1.82, 2.24) is 5.32 Å². The number of hydrogen-bond acceptors (Lipinski definition) is 6. The van der Waals surface area contributed by atoms with Crippen molar-refractivity contribution in [2.24, 2.45) is 5.92 Å². The molecule has 1 heterocycles. The highest BCUT2D eigenvalue weighted by atomic mass is 16.5. The Kier molecular flexibility index (Phi) is 7.49. The minimum atomic E-state index is -0.651. The van der Waals surface area contributed by atoms with Gasteiger partial charge in [-0.25, -0.2) is 9.59 Å². The zero-order valence-electron chi connectivity index (χ0n) is 18.6. The van der Waals surface area contributed by atoms with E-state index in [0.717, 1.165) is 11.1 Å². The van der Waals surface area contributed by atoms with Crippen LogP contribution in [-0.4, -0.2) is 25.2 Å². The maximum absolute atomic E-state index is 13.1. The predicted octanol–water partition coefficient (Wildman–Crippen LogP) is 4.31. The van der Waals surface area contributed by atoms with Crippen molar-refractivity contribution in [3.05, 3.63) is 88.6 Å². The van der Waals surface area contributed by atoms with Crippen LogP contribution in [0.1, 0.15) is 31.9 Å². The molecule has 32 heavy (non-hydrogen) atoms. The van der Waals surface area contributed by atoms with E-state index in [2.05, 4.69) is 5.32 Å². The average molecular weight is 433 g/mol. The monoisotopic (exact) mass is 432 g/mol. The summed E-state index contributed by atoms with van der Waals surface area (Å²) in [5.74, 6) is -1.61. The molecule has 2 aromatic carbocycles. The van der Waals surface area contributed by atoms with Gasteiger partial charge in [-0.1, -0.05) is 54.6 Å². The Balaban J connectivity index is 2.18. The van der Waals surface area contributed by atoms with Crippen LogP contribution in [0.3, 0.4) is 0 Å². The molecule has 2 aromatic rings. The SMILES string of the molecule is CCOC(=O)C1=C(C)NC(c2ccccc2)=C(C(=O)OCC)C1/C=C/c1ccc(N)cc1. The van der Waals surface area contributed by atoms with E-state index >= 15 is 0 Å². The highest BCUT2D eigenvalue weighted by molar-refractivity contribution is 6.04. The number of carbonyl (C=O) groups excluding carboxylic acids is 2. The van der Waals surface area contributed by atoms with Gasteiger partial charge in [-0.2, -0.15) is 0 Å². The molecule has 1 unspecified atom stereocenters. The van der Waals surface area contributed by atoms with Gasteiger partial charge in [0.2, 0.25) is 0 Å².